The van der Waals surface area contributed by atoms with Gasteiger partial charge in [-0.1, -0.05) is 53.6 Å². The van der Waals surface area contributed by atoms with Crippen molar-refractivity contribution in [2.24, 2.45) is 0 Å². The maximum absolute atomic E-state index is 13.6. The van der Waals surface area contributed by atoms with Crippen molar-refractivity contribution in [1.29, 1.82) is 0 Å². The summed E-state index contributed by atoms with van der Waals surface area (Å²) in [6.07, 6.45) is 4.86. The third-order valence-electron chi connectivity index (χ3n) is 6.97. The zero-order chi connectivity index (χ0) is 24.0. The summed E-state index contributed by atoms with van der Waals surface area (Å²) in [6.45, 7) is 2.77. The topological polar surface area (TPSA) is 64.7 Å². The molecule has 5 aromatic rings. The van der Waals surface area contributed by atoms with Crippen LogP contribution < -0.4 is 5.32 Å². The Balaban J connectivity index is 1.38. The molecular formula is C28H24ClN5O. The van der Waals surface area contributed by atoms with Gasteiger partial charge in [0.2, 0.25) is 0 Å². The van der Waals surface area contributed by atoms with Crippen LogP contribution in [0, 0.1) is 6.92 Å². The van der Waals surface area contributed by atoms with Crippen LogP contribution in [0.4, 0.5) is 0 Å². The molecule has 1 unspecified atom stereocenters. The molecule has 3 aromatic carbocycles. The lowest BCUT2D eigenvalue weighted by molar-refractivity contribution is 0.0868. The second-order valence-electron chi connectivity index (χ2n) is 9.22. The Labute approximate surface area is 208 Å². The van der Waals surface area contributed by atoms with E-state index < -0.39 is 5.54 Å². The number of aryl methyl sites for hydroxylation is 2. The number of nitrogens with one attached hydrogen (secondary N) is 1. The van der Waals surface area contributed by atoms with Gasteiger partial charge in [0.25, 0.3) is 5.91 Å². The predicted molar refractivity (Wildman–Crippen MR) is 137 cm³/mol. The molecule has 1 aliphatic heterocycles. The van der Waals surface area contributed by atoms with Crippen molar-refractivity contribution in [3.63, 3.8) is 0 Å². The van der Waals surface area contributed by atoms with Crippen LogP contribution in [0.2, 0.25) is 5.02 Å². The van der Waals surface area contributed by atoms with Crippen LogP contribution >= 0.6 is 11.6 Å². The summed E-state index contributed by atoms with van der Waals surface area (Å²) in [5.74, 6) is -0.190. The van der Waals surface area contributed by atoms with Crippen LogP contribution in [0.1, 0.15) is 33.6 Å². The van der Waals surface area contributed by atoms with Gasteiger partial charge in [0.05, 0.1) is 22.7 Å². The van der Waals surface area contributed by atoms with E-state index in [9.17, 15) is 4.79 Å². The largest absolute Gasteiger partial charge is 0.342 e. The van der Waals surface area contributed by atoms with Gasteiger partial charge in [-0.15, -0.1) is 10.2 Å². The van der Waals surface area contributed by atoms with E-state index in [4.69, 9.17) is 11.6 Å². The maximum Gasteiger partial charge on any atom is 0.253 e. The minimum absolute atomic E-state index is 0.190. The minimum atomic E-state index is -0.557. The van der Waals surface area contributed by atoms with Crippen LogP contribution in [-0.4, -0.2) is 25.2 Å². The average molecular weight is 482 g/mol. The van der Waals surface area contributed by atoms with E-state index in [1.165, 1.54) is 22.2 Å². The van der Waals surface area contributed by atoms with E-state index in [1.54, 1.807) is 29.4 Å². The number of fused-ring (bicyclic) bond motifs is 3. The molecule has 0 radical (unpaired) electrons. The summed E-state index contributed by atoms with van der Waals surface area (Å²) in [5, 5.41) is 12.7. The Morgan fingerprint density at radius 3 is 2.57 bits per heavy atom. The number of rotatable bonds is 4. The van der Waals surface area contributed by atoms with Crippen LogP contribution in [0.15, 0.2) is 85.5 Å². The van der Waals surface area contributed by atoms with Crippen molar-refractivity contribution in [2.75, 3.05) is 0 Å². The molecule has 0 saturated heterocycles. The van der Waals surface area contributed by atoms with Gasteiger partial charge in [-0.05, 0) is 61.7 Å². The van der Waals surface area contributed by atoms with Gasteiger partial charge >= 0.3 is 0 Å². The molecule has 3 heterocycles. The normalized spacial score (nSPS) is 17.3. The van der Waals surface area contributed by atoms with Crippen LogP contribution in [0.5, 0.6) is 0 Å². The SMILES string of the molecule is Cc1ccc2c(c1)cc1n2CC(NC(=O)c2ccc(-n3cnnc3)cc2Cl)(c2ccccc2)CC1. The van der Waals surface area contributed by atoms with Crippen LogP contribution in [0.3, 0.4) is 0 Å². The van der Waals surface area contributed by atoms with Crippen molar-refractivity contribution < 1.29 is 4.79 Å². The number of hydrogen-bond acceptors (Lipinski definition) is 3. The van der Waals surface area contributed by atoms with Gasteiger partial charge in [-0.25, -0.2) is 0 Å². The molecule has 0 spiro atoms. The number of halogens is 1. The van der Waals surface area contributed by atoms with Gasteiger partial charge in [0.15, 0.2) is 0 Å². The number of benzene rings is 3. The molecule has 0 aliphatic carbocycles. The zero-order valence-corrected chi connectivity index (χ0v) is 20.0. The maximum atomic E-state index is 13.6. The van der Waals surface area contributed by atoms with Crippen molar-refractivity contribution in [3.8, 4) is 5.69 Å². The molecule has 1 amide bonds. The van der Waals surface area contributed by atoms with E-state index in [1.807, 2.05) is 24.3 Å². The molecule has 2 aromatic heterocycles. The second kappa shape index (κ2) is 8.40. The first kappa shape index (κ1) is 21.6. The van der Waals surface area contributed by atoms with Crippen LogP contribution in [-0.2, 0) is 18.5 Å². The van der Waals surface area contributed by atoms with Gasteiger partial charge < -0.3 is 9.88 Å². The smallest absolute Gasteiger partial charge is 0.253 e. The van der Waals surface area contributed by atoms with E-state index in [-0.39, 0.29) is 5.91 Å². The third kappa shape index (κ3) is 3.80. The summed E-state index contributed by atoms with van der Waals surface area (Å²) in [6, 6.07) is 24.4. The number of carbonyl (C=O) groups excluding carboxylic acids is 1. The molecule has 6 nitrogen and oxygen atoms in total. The first-order valence-corrected chi connectivity index (χ1v) is 12.0. The summed E-state index contributed by atoms with van der Waals surface area (Å²) in [4.78, 5) is 13.6. The average Bonchev–Trinajstić information content (AvgIpc) is 3.52. The number of aromatic nitrogens is 4. The summed E-state index contributed by atoms with van der Waals surface area (Å²) >= 11 is 6.59. The quantitative estimate of drug-likeness (QED) is 0.371. The highest BCUT2D eigenvalue weighted by Gasteiger charge is 2.38. The van der Waals surface area contributed by atoms with E-state index >= 15 is 0 Å². The predicted octanol–water partition coefficient (Wildman–Crippen LogP) is 5.46. The highest BCUT2D eigenvalue weighted by molar-refractivity contribution is 6.34. The fourth-order valence-electron chi connectivity index (χ4n) is 5.17. The molecule has 6 rings (SSSR count). The molecule has 0 bridgehead atoms. The fourth-order valence-corrected chi connectivity index (χ4v) is 5.43. The van der Waals surface area contributed by atoms with Crippen LogP contribution in [0.25, 0.3) is 16.6 Å². The molecule has 35 heavy (non-hydrogen) atoms. The highest BCUT2D eigenvalue weighted by atomic mass is 35.5. The van der Waals surface area contributed by atoms with Crippen molar-refractivity contribution in [1.82, 2.24) is 24.6 Å². The standard InChI is InChI=1S/C28H24ClN5O/c1-19-7-10-26-20(13-19)14-23-11-12-28(16-34(23)26,21-5-3-2-4-6-21)32-27(35)24-9-8-22(15-25(24)29)33-17-30-31-18-33/h2-10,13-15,17-18H,11-12,16H2,1H3,(H,32,35). The van der Waals surface area contributed by atoms with E-state index in [0.29, 0.717) is 17.1 Å². The first-order chi connectivity index (χ1) is 17.0. The Kier molecular flexibility index (Phi) is 5.19. The lowest BCUT2D eigenvalue weighted by Gasteiger charge is -2.40. The molecule has 7 heteroatoms. The van der Waals surface area contributed by atoms with Gasteiger partial charge in [0.1, 0.15) is 12.7 Å². The number of nitrogens with zero attached hydrogens (tertiary/aromatic N) is 4. The monoisotopic (exact) mass is 481 g/mol. The van der Waals surface area contributed by atoms with Gasteiger partial charge in [-0.3, -0.25) is 9.36 Å². The molecule has 174 valence electrons. The third-order valence-corrected chi connectivity index (χ3v) is 7.28. The number of hydrogen-bond donors (Lipinski definition) is 1. The second-order valence-corrected chi connectivity index (χ2v) is 9.63. The Bertz CT molecular complexity index is 1540. The van der Waals surface area contributed by atoms with Crippen molar-refractivity contribution in [3.05, 3.63) is 113 Å². The number of amides is 1. The Morgan fingerprint density at radius 1 is 1.00 bits per heavy atom. The first-order valence-electron chi connectivity index (χ1n) is 11.6. The molecule has 1 aliphatic rings. The zero-order valence-electron chi connectivity index (χ0n) is 19.3. The Hall–Kier alpha value is -3.90. The summed E-state index contributed by atoms with van der Waals surface area (Å²) in [7, 11) is 0. The molecule has 1 N–H and O–H groups in total. The van der Waals surface area contributed by atoms with Crippen molar-refractivity contribution in [2.45, 2.75) is 31.8 Å². The van der Waals surface area contributed by atoms with Crippen molar-refractivity contribution >= 4 is 28.4 Å². The summed E-state index contributed by atoms with van der Waals surface area (Å²) < 4.78 is 4.10. The minimum Gasteiger partial charge on any atom is -0.342 e. The van der Waals surface area contributed by atoms with Gasteiger partial charge in [-0.2, -0.15) is 0 Å². The lowest BCUT2D eigenvalue weighted by atomic mass is 9.82. The molecule has 1 atom stereocenters. The van der Waals surface area contributed by atoms with E-state index in [2.05, 4.69) is 63.4 Å². The Morgan fingerprint density at radius 2 is 1.80 bits per heavy atom. The van der Waals surface area contributed by atoms with E-state index in [0.717, 1.165) is 24.1 Å². The molecule has 0 saturated carbocycles. The highest BCUT2D eigenvalue weighted by Crippen LogP contribution is 2.37. The fraction of sp³-hybridized carbons (Fsp3) is 0.179. The lowest BCUT2D eigenvalue weighted by Crippen LogP contribution is -2.51. The number of carbonyl (C=O) groups is 1. The summed E-state index contributed by atoms with van der Waals surface area (Å²) in [5.41, 5.74) is 5.50. The molecule has 0 fully saturated rings. The van der Waals surface area contributed by atoms with Gasteiger partial charge in [0, 0.05) is 22.3 Å². The molecular weight excluding hydrogens is 458 g/mol.